The molecule has 0 spiro atoms. The summed E-state index contributed by atoms with van der Waals surface area (Å²) in [5, 5.41) is 0.315. The summed E-state index contributed by atoms with van der Waals surface area (Å²) in [5.74, 6) is -0.0734. The number of halogens is 4. The number of aryl methyl sites for hydroxylation is 1. The third-order valence-corrected chi connectivity index (χ3v) is 3.27. The van der Waals surface area contributed by atoms with Gasteiger partial charge in [-0.25, -0.2) is 9.97 Å². The second-order valence-electron chi connectivity index (χ2n) is 4.40. The Bertz CT molecular complexity index is 408. The molecule has 0 amide bonds. The molecule has 0 atom stereocenters. The van der Waals surface area contributed by atoms with Crippen LogP contribution in [0.3, 0.4) is 0 Å². The first kappa shape index (κ1) is 13.4. The fourth-order valence-corrected chi connectivity index (χ4v) is 2.33. The van der Waals surface area contributed by atoms with Gasteiger partial charge in [0.25, 0.3) is 0 Å². The zero-order valence-corrected chi connectivity index (χ0v) is 10.6. The van der Waals surface area contributed by atoms with Crippen molar-refractivity contribution >= 4 is 17.4 Å². The van der Waals surface area contributed by atoms with Gasteiger partial charge in [-0.15, -0.1) is 0 Å². The lowest BCUT2D eigenvalue weighted by Crippen LogP contribution is -2.39. The molecule has 1 saturated heterocycles. The van der Waals surface area contributed by atoms with E-state index in [-0.39, 0.29) is 12.8 Å². The molecule has 0 aromatic carbocycles. The molecule has 1 aliphatic heterocycles. The average Bonchev–Trinajstić information content (AvgIpc) is 2.27. The molecule has 7 heteroatoms. The lowest BCUT2D eigenvalue weighted by atomic mass is 9.96. The van der Waals surface area contributed by atoms with Crippen LogP contribution in [0.1, 0.15) is 18.7 Å². The molecule has 0 aliphatic carbocycles. The SMILES string of the molecule is Cc1nc(Cl)cc(N2CCC(C(F)(F)F)CC2)n1. The van der Waals surface area contributed by atoms with Gasteiger partial charge in [0.2, 0.25) is 0 Å². The highest BCUT2D eigenvalue weighted by atomic mass is 35.5. The summed E-state index contributed by atoms with van der Waals surface area (Å²) in [4.78, 5) is 9.95. The molecule has 3 nitrogen and oxygen atoms in total. The zero-order valence-electron chi connectivity index (χ0n) is 9.84. The number of piperidine rings is 1. The van der Waals surface area contributed by atoms with Crippen LogP contribution in [0, 0.1) is 12.8 Å². The van der Waals surface area contributed by atoms with Crippen LogP contribution < -0.4 is 4.90 Å². The van der Waals surface area contributed by atoms with Crippen molar-refractivity contribution in [3.63, 3.8) is 0 Å². The van der Waals surface area contributed by atoms with Gasteiger partial charge in [0.05, 0.1) is 5.92 Å². The first-order valence-electron chi connectivity index (χ1n) is 5.69. The van der Waals surface area contributed by atoms with E-state index < -0.39 is 12.1 Å². The Morgan fingerprint density at radius 1 is 1.28 bits per heavy atom. The number of hydrogen-bond donors (Lipinski definition) is 0. The maximum Gasteiger partial charge on any atom is 0.391 e. The van der Waals surface area contributed by atoms with E-state index >= 15 is 0 Å². The molecule has 0 N–H and O–H groups in total. The topological polar surface area (TPSA) is 29.0 Å². The van der Waals surface area contributed by atoms with Gasteiger partial charge in [-0.1, -0.05) is 11.6 Å². The average molecular weight is 280 g/mol. The summed E-state index contributed by atoms with van der Waals surface area (Å²) in [6.07, 6.45) is -3.89. The summed E-state index contributed by atoms with van der Waals surface area (Å²) in [6.45, 7) is 2.39. The summed E-state index contributed by atoms with van der Waals surface area (Å²) >= 11 is 5.81. The Morgan fingerprint density at radius 3 is 2.39 bits per heavy atom. The van der Waals surface area contributed by atoms with Gasteiger partial charge in [0.15, 0.2) is 0 Å². The van der Waals surface area contributed by atoms with Crippen LogP contribution in [-0.4, -0.2) is 29.2 Å². The standard InChI is InChI=1S/C11H13ClF3N3/c1-7-16-9(12)6-10(17-7)18-4-2-8(3-5-18)11(13,14)15/h6,8H,2-5H2,1H3. The number of anilines is 1. The fourth-order valence-electron chi connectivity index (χ4n) is 2.11. The van der Waals surface area contributed by atoms with E-state index in [9.17, 15) is 13.2 Å². The molecule has 2 heterocycles. The van der Waals surface area contributed by atoms with Crippen LogP contribution >= 0.6 is 11.6 Å². The lowest BCUT2D eigenvalue weighted by molar-refractivity contribution is -0.179. The van der Waals surface area contributed by atoms with E-state index in [1.807, 2.05) is 4.90 Å². The van der Waals surface area contributed by atoms with Gasteiger partial charge in [0, 0.05) is 19.2 Å². The molecule has 1 aromatic rings. The third-order valence-electron chi connectivity index (χ3n) is 3.08. The van der Waals surface area contributed by atoms with Gasteiger partial charge in [0.1, 0.15) is 16.8 Å². The molecule has 0 unspecified atom stereocenters. The van der Waals surface area contributed by atoms with Crippen LogP contribution in [0.25, 0.3) is 0 Å². The molecule has 1 fully saturated rings. The monoisotopic (exact) mass is 279 g/mol. The van der Waals surface area contributed by atoms with Crippen LogP contribution in [0.15, 0.2) is 6.07 Å². The molecule has 1 aliphatic rings. The highest BCUT2D eigenvalue weighted by molar-refractivity contribution is 6.29. The van der Waals surface area contributed by atoms with E-state index in [4.69, 9.17) is 11.6 Å². The Kier molecular flexibility index (Phi) is 3.66. The smallest absolute Gasteiger partial charge is 0.356 e. The van der Waals surface area contributed by atoms with Crippen molar-refractivity contribution in [2.24, 2.45) is 5.92 Å². The minimum atomic E-state index is -4.09. The van der Waals surface area contributed by atoms with Crippen LogP contribution in [0.5, 0.6) is 0 Å². The van der Waals surface area contributed by atoms with Crippen LogP contribution in [0.2, 0.25) is 5.15 Å². The van der Waals surface area contributed by atoms with E-state index in [0.717, 1.165) is 0 Å². The van der Waals surface area contributed by atoms with Crippen molar-refractivity contribution in [3.8, 4) is 0 Å². The normalized spacial score (nSPS) is 18.2. The molecule has 0 saturated carbocycles. The predicted molar refractivity (Wildman–Crippen MR) is 62.8 cm³/mol. The minimum absolute atomic E-state index is 0.101. The zero-order chi connectivity index (χ0) is 13.3. The molecule has 18 heavy (non-hydrogen) atoms. The van der Waals surface area contributed by atoms with Crippen molar-refractivity contribution in [2.45, 2.75) is 25.9 Å². The van der Waals surface area contributed by atoms with Crippen LogP contribution in [0.4, 0.5) is 19.0 Å². The first-order valence-corrected chi connectivity index (χ1v) is 6.07. The summed E-state index contributed by atoms with van der Waals surface area (Å²) in [7, 11) is 0. The van der Waals surface area contributed by atoms with E-state index in [1.54, 1.807) is 13.0 Å². The Balaban J connectivity index is 2.05. The van der Waals surface area contributed by atoms with Gasteiger partial charge >= 0.3 is 6.18 Å². The highest BCUT2D eigenvalue weighted by Crippen LogP contribution is 2.35. The summed E-state index contributed by atoms with van der Waals surface area (Å²) in [5.41, 5.74) is 0. The number of aromatic nitrogens is 2. The first-order chi connectivity index (χ1) is 8.36. The third kappa shape index (κ3) is 3.04. The molecule has 0 bridgehead atoms. The van der Waals surface area contributed by atoms with E-state index in [0.29, 0.717) is 29.9 Å². The number of nitrogens with zero attached hydrogens (tertiary/aromatic N) is 3. The van der Waals surface area contributed by atoms with Crippen molar-refractivity contribution in [1.29, 1.82) is 0 Å². The molecule has 100 valence electrons. The van der Waals surface area contributed by atoms with Crippen molar-refractivity contribution in [1.82, 2.24) is 9.97 Å². The Labute approximate surface area is 108 Å². The number of hydrogen-bond acceptors (Lipinski definition) is 3. The van der Waals surface area contributed by atoms with Crippen molar-refractivity contribution < 1.29 is 13.2 Å². The number of alkyl halides is 3. The van der Waals surface area contributed by atoms with E-state index in [1.165, 1.54) is 0 Å². The molecular formula is C11H13ClF3N3. The highest BCUT2D eigenvalue weighted by Gasteiger charge is 2.41. The second kappa shape index (κ2) is 4.91. The van der Waals surface area contributed by atoms with Crippen LogP contribution in [-0.2, 0) is 0 Å². The summed E-state index contributed by atoms with van der Waals surface area (Å²) in [6, 6.07) is 1.59. The Morgan fingerprint density at radius 2 is 1.89 bits per heavy atom. The molecular weight excluding hydrogens is 267 g/mol. The predicted octanol–water partition coefficient (Wildman–Crippen LogP) is 3.22. The Hall–Kier alpha value is -1.04. The quantitative estimate of drug-likeness (QED) is 0.739. The van der Waals surface area contributed by atoms with Crippen molar-refractivity contribution in [3.05, 3.63) is 17.0 Å². The number of rotatable bonds is 1. The maximum absolute atomic E-state index is 12.5. The second-order valence-corrected chi connectivity index (χ2v) is 4.79. The fraction of sp³-hybridized carbons (Fsp3) is 0.636. The lowest BCUT2D eigenvalue weighted by Gasteiger charge is -2.33. The van der Waals surface area contributed by atoms with Crippen molar-refractivity contribution in [2.75, 3.05) is 18.0 Å². The minimum Gasteiger partial charge on any atom is -0.356 e. The molecule has 0 radical (unpaired) electrons. The van der Waals surface area contributed by atoms with Gasteiger partial charge in [-0.2, -0.15) is 13.2 Å². The summed E-state index contributed by atoms with van der Waals surface area (Å²) < 4.78 is 37.6. The molecule has 2 rings (SSSR count). The maximum atomic E-state index is 12.5. The van der Waals surface area contributed by atoms with E-state index in [2.05, 4.69) is 9.97 Å². The molecule has 1 aromatic heterocycles. The van der Waals surface area contributed by atoms with Gasteiger partial charge in [-0.05, 0) is 19.8 Å². The largest absolute Gasteiger partial charge is 0.391 e. The van der Waals surface area contributed by atoms with Gasteiger partial charge in [-0.3, -0.25) is 0 Å². The van der Waals surface area contributed by atoms with Gasteiger partial charge < -0.3 is 4.90 Å².